The maximum absolute atomic E-state index is 9.29. The summed E-state index contributed by atoms with van der Waals surface area (Å²) < 4.78 is 5.24. The first-order valence-electron chi connectivity index (χ1n) is 3.77. The van der Waals surface area contributed by atoms with E-state index in [4.69, 9.17) is 10.1 Å². The molecule has 0 aromatic rings. The van der Waals surface area contributed by atoms with E-state index in [0.29, 0.717) is 6.42 Å². The van der Waals surface area contributed by atoms with Crippen molar-refractivity contribution in [3.63, 3.8) is 0 Å². The minimum Gasteiger partial charge on any atom is -0.366 e. The molecule has 0 rings (SSSR count). The summed E-state index contributed by atoms with van der Waals surface area (Å²) in [4.78, 5) is 0. The highest BCUT2D eigenvalue weighted by Crippen LogP contribution is 2.19. The van der Waals surface area contributed by atoms with Crippen molar-refractivity contribution in [3.05, 3.63) is 0 Å². The molecule has 0 radical (unpaired) electrons. The number of hydrogen-bond acceptors (Lipinski definition) is 3. The van der Waals surface area contributed by atoms with Crippen LogP contribution in [-0.2, 0) is 4.74 Å². The quantitative estimate of drug-likeness (QED) is 0.483. The van der Waals surface area contributed by atoms with Crippen LogP contribution in [0.15, 0.2) is 0 Å². The van der Waals surface area contributed by atoms with Crippen LogP contribution in [0.1, 0.15) is 34.1 Å². The van der Waals surface area contributed by atoms with Gasteiger partial charge in [-0.25, -0.2) is 0 Å². The second-order valence-corrected chi connectivity index (χ2v) is 3.36. The van der Waals surface area contributed by atoms with Crippen molar-refractivity contribution in [3.8, 4) is 0 Å². The van der Waals surface area contributed by atoms with Crippen LogP contribution < -0.4 is 0 Å². The van der Waals surface area contributed by atoms with E-state index in [0.717, 1.165) is 0 Å². The molecule has 0 aliphatic heterocycles. The van der Waals surface area contributed by atoms with Crippen molar-refractivity contribution in [2.45, 2.75) is 45.5 Å². The maximum atomic E-state index is 9.29. The molecule has 0 fully saturated rings. The normalized spacial score (nSPS) is 17.5. The van der Waals surface area contributed by atoms with E-state index >= 15 is 0 Å². The van der Waals surface area contributed by atoms with Gasteiger partial charge in [-0.3, -0.25) is 0 Å². The van der Waals surface area contributed by atoms with Crippen LogP contribution >= 0.6 is 0 Å². The molecule has 66 valence electrons. The Morgan fingerprint density at radius 1 is 1.45 bits per heavy atom. The third kappa shape index (κ3) is 4.11. The average Bonchev–Trinajstić information content (AvgIpc) is 1.84. The highest BCUT2D eigenvalue weighted by Gasteiger charge is 2.27. The summed E-state index contributed by atoms with van der Waals surface area (Å²) in [6.45, 7) is 6.81. The molecule has 0 bridgehead atoms. The van der Waals surface area contributed by atoms with Crippen molar-refractivity contribution in [2.24, 2.45) is 0 Å². The van der Waals surface area contributed by atoms with Gasteiger partial charge in [0.25, 0.3) is 0 Å². The summed E-state index contributed by atoms with van der Waals surface area (Å²) in [6, 6.07) is 0. The van der Waals surface area contributed by atoms with Crippen LogP contribution in [-0.4, -0.2) is 22.7 Å². The molecular weight excluding hydrogens is 142 g/mol. The largest absolute Gasteiger partial charge is 0.366 e. The molecule has 0 aliphatic rings. The van der Waals surface area contributed by atoms with Crippen LogP contribution in [0.5, 0.6) is 0 Å². The van der Waals surface area contributed by atoms with Crippen molar-refractivity contribution < 1.29 is 9.84 Å². The summed E-state index contributed by atoms with van der Waals surface area (Å²) in [6.07, 6.45) is 1.89. The predicted octanol–water partition coefficient (Wildman–Crippen LogP) is 1.55. The summed E-state index contributed by atoms with van der Waals surface area (Å²) in [5.74, 6) is -1.16. The monoisotopic (exact) mass is 159 g/mol. The molecule has 1 atom stereocenters. The lowest BCUT2D eigenvalue weighted by molar-refractivity contribution is -0.218. The summed E-state index contributed by atoms with van der Waals surface area (Å²) >= 11 is 0. The average molecular weight is 159 g/mol. The number of nitrogens with one attached hydrogen (secondary N) is 1. The molecule has 0 saturated carbocycles. The van der Waals surface area contributed by atoms with Crippen LogP contribution in [0.3, 0.4) is 0 Å². The molecule has 11 heavy (non-hydrogen) atoms. The highest BCUT2D eigenvalue weighted by molar-refractivity contribution is 5.64. The van der Waals surface area contributed by atoms with Gasteiger partial charge in [-0.15, -0.1) is 0 Å². The smallest absolute Gasteiger partial charge is 0.161 e. The minimum absolute atomic E-state index is 0.641. The van der Waals surface area contributed by atoms with Crippen LogP contribution in [0.2, 0.25) is 0 Å². The van der Waals surface area contributed by atoms with E-state index in [9.17, 15) is 5.11 Å². The first kappa shape index (κ1) is 10.6. The third-order valence-corrected chi connectivity index (χ3v) is 1.49. The molecule has 0 amide bonds. The van der Waals surface area contributed by atoms with Crippen LogP contribution in [0.4, 0.5) is 0 Å². The van der Waals surface area contributed by atoms with Gasteiger partial charge in [-0.1, -0.05) is 6.92 Å². The van der Waals surface area contributed by atoms with E-state index in [2.05, 4.69) is 0 Å². The Balaban J connectivity index is 4.19. The Morgan fingerprint density at radius 2 is 1.91 bits per heavy atom. The molecule has 3 heteroatoms. The second-order valence-electron chi connectivity index (χ2n) is 3.36. The topological polar surface area (TPSA) is 53.3 Å². The van der Waals surface area contributed by atoms with E-state index in [-0.39, 0.29) is 0 Å². The molecule has 0 aromatic heterocycles. The zero-order valence-electron chi connectivity index (χ0n) is 7.64. The van der Waals surface area contributed by atoms with E-state index < -0.39 is 11.4 Å². The lowest BCUT2D eigenvalue weighted by Crippen LogP contribution is -2.39. The Kier molecular flexibility index (Phi) is 3.20. The number of hydrogen-bond donors (Lipinski definition) is 2. The zero-order valence-corrected chi connectivity index (χ0v) is 7.64. The summed E-state index contributed by atoms with van der Waals surface area (Å²) in [5, 5.41) is 16.4. The van der Waals surface area contributed by atoms with E-state index in [1.165, 1.54) is 6.21 Å². The van der Waals surface area contributed by atoms with Gasteiger partial charge >= 0.3 is 0 Å². The molecule has 0 aromatic carbocycles. The molecular formula is C8H17NO2. The van der Waals surface area contributed by atoms with Gasteiger partial charge in [0.05, 0.1) is 0 Å². The molecule has 0 aliphatic carbocycles. The van der Waals surface area contributed by atoms with Crippen molar-refractivity contribution in [1.29, 1.82) is 5.41 Å². The zero-order chi connectivity index (χ0) is 9.12. The summed E-state index contributed by atoms with van der Waals surface area (Å²) in [7, 11) is 0. The standard InChI is InChI=1S/C8H17NO2/c1-5-8(4,6-9)11-7(2,3)10/h6,9-10H,5H2,1-4H3. The van der Waals surface area contributed by atoms with Gasteiger partial charge in [0, 0.05) is 6.21 Å². The van der Waals surface area contributed by atoms with E-state index in [1.54, 1.807) is 20.8 Å². The maximum Gasteiger partial charge on any atom is 0.161 e. The lowest BCUT2D eigenvalue weighted by atomic mass is 10.1. The number of ether oxygens (including phenoxy) is 1. The van der Waals surface area contributed by atoms with E-state index in [1.807, 2.05) is 6.92 Å². The van der Waals surface area contributed by atoms with Gasteiger partial charge < -0.3 is 15.3 Å². The molecule has 2 N–H and O–H groups in total. The molecule has 1 unspecified atom stereocenters. The molecule has 0 saturated heterocycles. The Labute approximate surface area is 67.9 Å². The molecule has 3 nitrogen and oxygen atoms in total. The van der Waals surface area contributed by atoms with Gasteiger partial charge in [-0.2, -0.15) is 0 Å². The lowest BCUT2D eigenvalue weighted by Gasteiger charge is -2.31. The van der Waals surface area contributed by atoms with Crippen molar-refractivity contribution >= 4 is 6.21 Å². The fourth-order valence-corrected chi connectivity index (χ4v) is 0.774. The third-order valence-electron chi connectivity index (χ3n) is 1.49. The fraction of sp³-hybridized carbons (Fsp3) is 0.875. The predicted molar refractivity (Wildman–Crippen MR) is 44.9 cm³/mol. The van der Waals surface area contributed by atoms with Gasteiger partial charge in [0.15, 0.2) is 5.79 Å². The first-order valence-corrected chi connectivity index (χ1v) is 3.77. The Hall–Kier alpha value is -0.410. The van der Waals surface area contributed by atoms with Crippen molar-refractivity contribution in [1.82, 2.24) is 0 Å². The van der Waals surface area contributed by atoms with Crippen LogP contribution in [0.25, 0.3) is 0 Å². The highest BCUT2D eigenvalue weighted by atomic mass is 16.6. The Morgan fingerprint density at radius 3 is 2.00 bits per heavy atom. The summed E-state index contributed by atoms with van der Waals surface area (Å²) in [5.41, 5.74) is -0.641. The SMILES string of the molecule is CCC(C)(C=N)OC(C)(C)O. The first-order chi connectivity index (χ1) is 4.83. The molecule has 0 heterocycles. The fourth-order valence-electron chi connectivity index (χ4n) is 0.774. The second kappa shape index (κ2) is 3.32. The van der Waals surface area contributed by atoms with Crippen molar-refractivity contribution in [2.75, 3.05) is 0 Å². The number of rotatable bonds is 4. The van der Waals surface area contributed by atoms with Gasteiger partial charge in [0.1, 0.15) is 5.60 Å². The van der Waals surface area contributed by atoms with Crippen LogP contribution in [0, 0.1) is 5.41 Å². The minimum atomic E-state index is -1.16. The molecule has 0 spiro atoms. The Bertz CT molecular complexity index is 140. The van der Waals surface area contributed by atoms with Gasteiger partial charge in [-0.05, 0) is 27.2 Å². The van der Waals surface area contributed by atoms with Gasteiger partial charge in [0.2, 0.25) is 0 Å². The number of aliphatic hydroxyl groups is 1.